The van der Waals surface area contributed by atoms with E-state index >= 15 is 0 Å². The number of carbonyl (C=O) groups is 1. The third-order valence-electron chi connectivity index (χ3n) is 3.41. The number of halogens is 1. The number of nitrogens with zero attached hydrogens (tertiary/aromatic N) is 4. The summed E-state index contributed by atoms with van der Waals surface area (Å²) in [6, 6.07) is 7.66. The molecule has 23 heavy (non-hydrogen) atoms. The first-order valence-electron chi connectivity index (χ1n) is 6.93. The zero-order chi connectivity index (χ0) is 16.4. The molecule has 0 aliphatic heterocycles. The predicted octanol–water partition coefficient (Wildman–Crippen LogP) is 1.21. The number of fused-ring (bicyclic) bond motifs is 1. The number of nitrogens with one attached hydrogen (secondary N) is 1. The highest BCUT2D eigenvalue weighted by Crippen LogP contribution is 2.11. The third-order valence-corrected chi connectivity index (χ3v) is 3.90. The number of hydrogen-bond acceptors (Lipinski definition) is 4. The smallest absolute Gasteiger partial charge is 0.264 e. The number of amides is 1. The van der Waals surface area contributed by atoms with E-state index in [0.717, 1.165) is 10.0 Å². The van der Waals surface area contributed by atoms with Crippen LogP contribution < -0.4 is 10.9 Å². The molecule has 0 fully saturated rings. The van der Waals surface area contributed by atoms with E-state index in [2.05, 4.69) is 31.3 Å². The Kier molecular flexibility index (Phi) is 4.24. The van der Waals surface area contributed by atoms with Gasteiger partial charge in [-0.25, -0.2) is 4.98 Å². The number of carbonyl (C=O) groups excluding carboxylic acids is 1. The Morgan fingerprint density at radius 2 is 2.22 bits per heavy atom. The summed E-state index contributed by atoms with van der Waals surface area (Å²) in [5.41, 5.74) is 1.20. The molecule has 118 valence electrons. The van der Waals surface area contributed by atoms with Gasteiger partial charge in [-0.3, -0.25) is 18.8 Å². The van der Waals surface area contributed by atoms with E-state index < -0.39 is 0 Å². The molecule has 7 nitrogen and oxygen atoms in total. The van der Waals surface area contributed by atoms with E-state index in [1.165, 1.54) is 21.8 Å². The molecule has 1 N–H and O–H groups in total. The number of benzene rings is 1. The Balaban J connectivity index is 1.70. The summed E-state index contributed by atoms with van der Waals surface area (Å²) in [7, 11) is 1.71. The molecular weight excluding hydrogens is 362 g/mol. The second kappa shape index (κ2) is 6.33. The Hall–Kier alpha value is -2.48. The van der Waals surface area contributed by atoms with Gasteiger partial charge < -0.3 is 5.32 Å². The van der Waals surface area contributed by atoms with Crippen LogP contribution in [0.15, 0.2) is 46.1 Å². The maximum absolute atomic E-state index is 12.3. The van der Waals surface area contributed by atoms with Gasteiger partial charge in [0, 0.05) is 18.1 Å². The van der Waals surface area contributed by atoms with Gasteiger partial charge in [-0.2, -0.15) is 5.10 Å². The molecule has 8 heteroatoms. The highest BCUT2D eigenvalue weighted by Gasteiger charge is 2.10. The van der Waals surface area contributed by atoms with Crippen molar-refractivity contribution in [3.63, 3.8) is 0 Å². The molecule has 0 bridgehead atoms. The minimum Gasteiger partial charge on any atom is -0.350 e. The summed E-state index contributed by atoms with van der Waals surface area (Å²) in [4.78, 5) is 28.5. The first kappa shape index (κ1) is 15.4. The Morgan fingerprint density at radius 1 is 1.39 bits per heavy atom. The molecule has 0 aliphatic rings. The van der Waals surface area contributed by atoms with Crippen molar-refractivity contribution in [1.82, 2.24) is 24.6 Å². The monoisotopic (exact) mass is 375 g/mol. The quantitative estimate of drug-likeness (QED) is 0.742. The molecule has 2 aromatic heterocycles. The minimum atomic E-state index is -0.277. The average molecular weight is 376 g/mol. The van der Waals surface area contributed by atoms with Crippen LogP contribution >= 0.6 is 15.9 Å². The van der Waals surface area contributed by atoms with Crippen LogP contribution in [0.4, 0.5) is 0 Å². The maximum Gasteiger partial charge on any atom is 0.264 e. The maximum atomic E-state index is 12.3. The fourth-order valence-corrected chi connectivity index (χ4v) is 2.68. The summed E-state index contributed by atoms with van der Waals surface area (Å²) in [5, 5.41) is 7.18. The highest BCUT2D eigenvalue weighted by atomic mass is 79.9. The number of hydrogen-bond donors (Lipinski definition) is 1. The van der Waals surface area contributed by atoms with Gasteiger partial charge in [0.2, 0.25) is 5.91 Å². The number of rotatable bonds is 4. The molecule has 0 aliphatic carbocycles. The highest BCUT2D eigenvalue weighted by molar-refractivity contribution is 9.10. The van der Waals surface area contributed by atoms with Gasteiger partial charge in [-0.1, -0.05) is 28.1 Å². The number of aryl methyl sites for hydroxylation is 1. The molecule has 2 heterocycles. The van der Waals surface area contributed by atoms with E-state index in [1.54, 1.807) is 7.05 Å². The molecular formula is C15H14BrN5O2. The second-order valence-electron chi connectivity index (χ2n) is 5.09. The largest absolute Gasteiger partial charge is 0.350 e. The van der Waals surface area contributed by atoms with Crippen molar-refractivity contribution in [2.75, 3.05) is 0 Å². The van der Waals surface area contributed by atoms with Crippen molar-refractivity contribution in [2.24, 2.45) is 7.05 Å². The third kappa shape index (κ3) is 3.31. The summed E-state index contributed by atoms with van der Waals surface area (Å²) in [6.45, 7) is 0.320. The van der Waals surface area contributed by atoms with Gasteiger partial charge in [0.1, 0.15) is 18.3 Å². The van der Waals surface area contributed by atoms with Crippen LogP contribution in [-0.4, -0.2) is 25.2 Å². The van der Waals surface area contributed by atoms with Gasteiger partial charge in [0.05, 0.1) is 6.20 Å². The van der Waals surface area contributed by atoms with Crippen LogP contribution in [-0.2, 0) is 24.9 Å². The lowest BCUT2D eigenvalue weighted by molar-refractivity contribution is -0.121. The molecule has 0 saturated heterocycles. The lowest BCUT2D eigenvalue weighted by Crippen LogP contribution is -2.32. The molecule has 0 spiro atoms. The van der Waals surface area contributed by atoms with Gasteiger partial charge in [0.15, 0.2) is 5.65 Å². The molecule has 1 aromatic carbocycles. The van der Waals surface area contributed by atoms with E-state index in [-0.39, 0.29) is 18.0 Å². The van der Waals surface area contributed by atoms with Crippen LogP contribution in [0.2, 0.25) is 0 Å². The van der Waals surface area contributed by atoms with Crippen LogP contribution in [0.5, 0.6) is 0 Å². The summed E-state index contributed by atoms with van der Waals surface area (Å²) in [5.74, 6) is -0.253. The van der Waals surface area contributed by atoms with Gasteiger partial charge in [-0.05, 0) is 17.7 Å². The van der Waals surface area contributed by atoms with Gasteiger partial charge in [0.25, 0.3) is 5.56 Å². The average Bonchev–Trinajstić information content (AvgIpc) is 2.90. The van der Waals surface area contributed by atoms with Crippen molar-refractivity contribution in [3.05, 3.63) is 57.2 Å². The molecule has 0 saturated carbocycles. The lowest BCUT2D eigenvalue weighted by atomic mass is 10.2. The Bertz CT molecular complexity index is 931. The molecule has 3 aromatic rings. The normalized spacial score (nSPS) is 10.9. The topological polar surface area (TPSA) is 81.8 Å². The van der Waals surface area contributed by atoms with Crippen molar-refractivity contribution < 1.29 is 4.79 Å². The van der Waals surface area contributed by atoms with E-state index in [9.17, 15) is 9.59 Å². The van der Waals surface area contributed by atoms with Crippen molar-refractivity contribution in [3.8, 4) is 0 Å². The van der Waals surface area contributed by atoms with Crippen molar-refractivity contribution in [2.45, 2.75) is 13.1 Å². The zero-order valence-corrected chi connectivity index (χ0v) is 13.9. The first-order valence-corrected chi connectivity index (χ1v) is 7.72. The van der Waals surface area contributed by atoms with E-state index in [4.69, 9.17) is 0 Å². The fraction of sp³-hybridized carbons (Fsp3) is 0.200. The molecule has 0 unspecified atom stereocenters. The predicted molar refractivity (Wildman–Crippen MR) is 88.8 cm³/mol. The van der Waals surface area contributed by atoms with Gasteiger partial charge in [-0.15, -0.1) is 0 Å². The molecule has 3 rings (SSSR count). The van der Waals surface area contributed by atoms with E-state index in [1.807, 2.05) is 24.3 Å². The van der Waals surface area contributed by atoms with Crippen LogP contribution in [0, 0.1) is 0 Å². The first-order chi connectivity index (χ1) is 11.0. The number of aromatic nitrogens is 4. The lowest BCUT2D eigenvalue weighted by Gasteiger charge is -2.07. The molecule has 1 amide bonds. The fourth-order valence-electron chi connectivity index (χ4n) is 2.24. The summed E-state index contributed by atoms with van der Waals surface area (Å²) >= 11 is 3.38. The van der Waals surface area contributed by atoms with E-state index in [0.29, 0.717) is 17.6 Å². The molecule has 0 radical (unpaired) electrons. The standard InChI is InChI=1S/C15H14BrN5O2/c1-20-14-12(7-19-20)15(23)21(9-18-14)8-13(22)17-6-10-3-2-4-11(16)5-10/h2-5,7,9H,6,8H2,1H3,(H,17,22). The summed E-state index contributed by atoms with van der Waals surface area (Å²) in [6.07, 6.45) is 2.82. The van der Waals surface area contributed by atoms with Crippen LogP contribution in [0.3, 0.4) is 0 Å². The van der Waals surface area contributed by atoms with Crippen LogP contribution in [0.1, 0.15) is 5.56 Å². The molecule has 0 atom stereocenters. The van der Waals surface area contributed by atoms with Crippen LogP contribution in [0.25, 0.3) is 11.0 Å². The Labute approximate surface area is 140 Å². The second-order valence-corrected chi connectivity index (χ2v) is 6.01. The van der Waals surface area contributed by atoms with Gasteiger partial charge >= 0.3 is 0 Å². The Morgan fingerprint density at radius 3 is 3.00 bits per heavy atom. The minimum absolute atomic E-state index is 0.0787. The van der Waals surface area contributed by atoms with Crippen molar-refractivity contribution >= 4 is 32.9 Å². The summed E-state index contributed by atoms with van der Waals surface area (Å²) < 4.78 is 3.75. The van der Waals surface area contributed by atoms with Crippen molar-refractivity contribution in [1.29, 1.82) is 0 Å². The SMILES string of the molecule is Cn1ncc2c(=O)n(CC(=O)NCc3cccc(Br)c3)cnc21. The zero-order valence-electron chi connectivity index (χ0n) is 12.4.